The standard InChI is InChI=1S/C19H17ClN2O2/c1-2-3-15-12-23-18(24-13-15)9-4-14-10-21-19(22-11-14)16-5-7-17(20)8-6-16/h2-3,5-8,10-11,15,18H,12-13H2,1H3. The molecule has 3 rings (SSSR count). The van der Waals surface area contributed by atoms with E-state index < -0.39 is 6.29 Å². The molecule has 0 atom stereocenters. The average Bonchev–Trinajstić information content (AvgIpc) is 2.63. The highest BCUT2D eigenvalue weighted by Crippen LogP contribution is 2.17. The van der Waals surface area contributed by atoms with Crippen LogP contribution in [0.2, 0.25) is 5.02 Å². The third-order valence-electron chi connectivity index (χ3n) is 3.48. The van der Waals surface area contributed by atoms with Crippen molar-refractivity contribution in [3.8, 4) is 23.2 Å². The van der Waals surface area contributed by atoms with Gasteiger partial charge in [-0.2, -0.15) is 0 Å². The fraction of sp³-hybridized carbons (Fsp3) is 0.263. The van der Waals surface area contributed by atoms with Gasteiger partial charge in [-0.3, -0.25) is 0 Å². The van der Waals surface area contributed by atoms with Gasteiger partial charge in [0, 0.05) is 28.9 Å². The summed E-state index contributed by atoms with van der Waals surface area (Å²) in [6.07, 6.45) is 6.96. The van der Waals surface area contributed by atoms with Crippen molar-refractivity contribution in [2.24, 2.45) is 5.92 Å². The molecule has 1 aliphatic heterocycles. The van der Waals surface area contributed by atoms with Crippen molar-refractivity contribution >= 4 is 11.6 Å². The number of ether oxygens (including phenoxy) is 2. The molecule has 1 aromatic carbocycles. The monoisotopic (exact) mass is 340 g/mol. The van der Waals surface area contributed by atoms with Gasteiger partial charge in [0.05, 0.1) is 18.8 Å². The van der Waals surface area contributed by atoms with E-state index >= 15 is 0 Å². The Balaban J connectivity index is 1.62. The number of benzene rings is 1. The smallest absolute Gasteiger partial charge is 0.222 e. The molecular formula is C19H17ClN2O2. The Kier molecular flexibility index (Phi) is 5.60. The predicted molar refractivity (Wildman–Crippen MR) is 93.4 cm³/mol. The lowest BCUT2D eigenvalue weighted by molar-refractivity contribution is -0.160. The van der Waals surface area contributed by atoms with E-state index in [0.29, 0.717) is 30.0 Å². The van der Waals surface area contributed by atoms with Gasteiger partial charge in [-0.15, -0.1) is 0 Å². The average molecular weight is 341 g/mol. The maximum atomic E-state index is 5.88. The van der Waals surface area contributed by atoms with E-state index in [1.165, 1.54) is 0 Å². The summed E-state index contributed by atoms with van der Waals surface area (Å²) in [6, 6.07) is 7.39. The maximum Gasteiger partial charge on any atom is 0.222 e. The second-order valence-corrected chi connectivity index (χ2v) is 5.79. The first-order valence-corrected chi connectivity index (χ1v) is 8.08. The van der Waals surface area contributed by atoms with Crippen molar-refractivity contribution in [1.82, 2.24) is 9.97 Å². The molecule has 4 nitrogen and oxygen atoms in total. The van der Waals surface area contributed by atoms with E-state index in [2.05, 4.69) is 27.9 Å². The van der Waals surface area contributed by atoms with Crippen LogP contribution in [0.5, 0.6) is 0 Å². The zero-order chi connectivity index (χ0) is 16.8. The zero-order valence-electron chi connectivity index (χ0n) is 13.3. The third kappa shape index (κ3) is 4.42. The summed E-state index contributed by atoms with van der Waals surface area (Å²) in [7, 11) is 0. The van der Waals surface area contributed by atoms with Crippen molar-refractivity contribution in [3.05, 3.63) is 59.4 Å². The number of hydrogen-bond donors (Lipinski definition) is 0. The Hall–Kier alpha value is -2.19. The van der Waals surface area contributed by atoms with E-state index in [-0.39, 0.29) is 0 Å². The first-order valence-electron chi connectivity index (χ1n) is 7.70. The fourth-order valence-corrected chi connectivity index (χ4v) is 2.39. The van der Waals surface area contributed by atoms with Crippen molar-refractivity contribution in [1.29, 1.82) is 0 Å². The number of allylic oxidation sites excluding steroid dienone is 1. The van der Waals surface area contributed by atoms with E-state index in [1.54, 1.807) is 12.4 Å². The molecule has 0 unspecified atom stereocenters. The lowest BCUT2D eigenvalue weighted by Gasteiger charge is -2.24. The van der Waals surface area contributed by atoms with Crippen LogP contribution in [0.25, 0.3) is 11.4 Å². The van der Waals surface area contributed by atoms with Crippen molar-refractivity contribution in [2.75, 3.05) is 13.2 Å². The summed E-state index contributed by atoms with van der Waals surface area (Å²) in [4.78, 5) is 8.66. The summed E-state index contributed by atoms with van der Waals surface area (Å²) >= 11 is 5.88. The van der Waals surface area contributed by atoms with Crippen LogP contribution < -0.4 is 0 Å². The van der Waals surface area contributed by atoms with Crippen LogP contribution in [0.15, 0.2) is 48.8 Å². The summed E-state index contributed by atoms with van der Waals surface area (Å²) in [5.41, 5.74) is 1.63. The Morgan fingerprint density at radius 1 is 1.12 bits per heavy atom. The minimum Gasteiger partial charge on any atom is -0.341 e. The third-order valence-corrected chi connectivity index (χ3v) is 3.73. The SMILES string of the molecule is CC=CC1COC(C#Cc2cnc(-c3ccc(Cl)cc3)nc2)OC1. The molecule has 24 heavy (non-hydrogen) atoms. The van der Waals surface area contributed by atoms with Crippen LogP contribution in [0.1, 0.15) is 12.5 Å². The molecule has 0 N–H and O–H groups in total. The van der Waals surface area contributed by atoms with Gasteiger partial charge in [0.25, 0.3) is 0 Å². The van der Waals surface area contributed by atoms with Crippen LogP contribution in [-0.4, -0.2) is 29.5 Å². The second kappa shape index (κ2) is 8.07. The number of aromatic nitrogens is 2. The Labute approximate surface area is 146 Å². The summed E-state index contributed by atoms with van der Waals surface area (Å²) in [5, 5.41) is 0.686. The van der Waals surface area contributed by atoms with E-state index in [1.807, 2.05) is 37.3 Å². The molecule has 122 valence electrons. The van der Waals surface area contributed by atoms with Gasteiger partial charge < -0.3 is 9.47 Å². The molecular weight excluding hydrogens is 324 g/mol. The minimum absolute atomic E-state index is 0.301. The predicted octanol–water partition coefficient (Wildman–Crippen LogP) is 3.71. The van der Waals surface area contributed by atoms with Gasteiger partial charge in [0.2, 0.25) is 6.29 Å². The molecule has 0 spiro atoms. The maximum absolute atomic E-state index is 5.88. The van der Waals surface area contributed by atoms with Gasteiger partial charge in [-0.1, -0.05) is 29.7 Å². The molecule has 1 aromatic heterocycles. The van der Waals surface area contributed by atoms with Gasteiger partial charge in [-0.05, 0) is 37.1 Å². The molecule has 1 aliphatic rings. The van der Waals surface area contributed by atoms with Crippen LogP contribution >= 0.6 is 11.6 Å². The summed E-state index contributed by atoms with van der Waals surface area (Å²) in [6.45, 7) is 3.23. The van der Waals surface area contributed by atoms with E-state index in [9.17, 15) is 0 Å². The largest absolute Gasteiger partial charge is 0.341 e. The van der Waals surface area contributed by atoms with Crippen molar-refractivity contribution in [3.63, 3.8) is 0 Å². The van der Waals surface area contributed by atoms with E-state index in [0.717, 1.165) is 11.1 Å². The molecule has 2 aromatic rings. The number of halogens is 1. The topological polar surface area (TPSA) is 44.2 Å². The highest BCUT2D eigenvalue weighted by Gasteiger charge is 2.18. The van der Waals surface area contributed by atoms with Gasteiger partial charge in [0.1, 0.15) is 0 Å². The lowest BCUT2D eigenvalue weighted by atomic mass is 10.1. The second-order valence-electron chi connectivity index (χ2n) is 5.36. The van der Waals surface area contributed by atoms with Crippen LogP contribution in [0.3, 0.4) is 0 Å². The fourth-order valence-electron chi connectivity index (χ4n) is 2.27. The first-order chi connectivity index (χ1) is 11.7. The highest BCUT2D eigenvalue weighted by atomic mass is 35.5. The minimum atomic E-state index is -0.498. The summed E-state index contributed by atoms with van der Waals surface area (Å²) < 4.78 is 11.1. The highest BCUT2D eigenvalue weighted by molar-refractivity contribution is 6.30. The lowest BCUT2D eigenvalue weighted by Crippen LogP contribution is -2.30. The Bertz CT molecular complexity index is 753. The quantitative estimate of drug-likeness (QED) is 0.617. The van der Waals surface area contributed by atoms with Crippen LogP contribution in [-0.2, 0) is 9.47 Å². The Morgan fingerprint density at radius 3 is 2.42 bits per heavy atom. The zero-order valence-corrected chi connectivity index (χ0v) is 14.0. The molecule has 0 amide bonds. The van der Waals surface area contributed by atoms with Crippen LogP contribution in [0.4, 0.5) is 0 Å². The molecule has 2 heterocycles. The van der Waals surface area contributed by atoms with Gasteiger partial charge in [0.15, 0.2) is 5.82 Å². The first kappa shape index (κ1) is 16.7. The van der Waals surface area contributed by atoms with Crippen LogP contribution in [0, 0.1) is 17.8 Å². The van der Waals surface area contributed by atoms with Crippen molar-refractivity contribution in [2.45, 2.75) is 13.2 Å². The molecule has 5 heteroatoms. The number of hydrogen-bond acceptors (Lipinski definition) is 4. The number of rotatable bonds is 2. The molecule has 1 saturated heterocycles. The number of nitrogens with zero attached hydrogens (tertiary/aromatic N) is 2. The molecule has 0 radical (unpaired) electrons. The normalized spacial score (nSPS) is 20.6. The Morgan fingerprint density at radius 2 is 1.79 bits per heavy atom. The molecule has 0 saturated carbocycles. The molecule has 1 fully saturated rings. The summed E-state index contributed by atoms with van der Waals surface area (Å²) in [5.74, 6) is 6.87. The van der Waals surface area contributed by atoms with Gasteiger partial charge >= 0.3 is 0 Å². The molecule has 0 aliphatic carbocycles. The molecule has 0 bridgehead atoms. The van der Waals surface area contributed by atoms with Crippen molar-refractivity contribution < 1.29 is 9.47 Å². The van der Waals surface area contributed by atoms with E-state index in [4.69, 9.17) is 21.1 Å². The van der Waals surface area contributed by atoms with Gasteiger partial charge in [-0.25, -0.2) is 9.97 Å².